The molecule has 2 amide bonds. The van der Waals surface area contributed by atoms with Crippen LogP contribution in [0.5, 0.6) is 11.5 Å². The van der Waals surface area contributed by atoms with E-state index in [9.17, 15) is 19.5 Å². The highest BCUT2D eigenvalue weighted by atomic mass is 16.5. The summed E-state index contributed by atoms with van der Waals surface area (Å²) < 4.78 is 5.24. The number of methoxy groups -OCH3 is 1. The van der Waals surface area contributed by atoms with Gasteiger partial charge in [-0.2, -0.15) is 0 Å². The zero-order valence-corrected chi connectivity index (χ0v) is 19.4. The van der Waals surface area contributed by atoms with Crippen LogP contribution in [-0.2, 0) is 27.3 Å². The fourth-order valence-corrected chi connectivity index (χ4v) is 3.56. The van der Waals surface area contributed by atoms with Crippen molar-refractivity contribution < 1.29 is 29.3 Å². The number of hydrogen-bond acceptors (Lipinski definition) is 5. The number of nitrogens with zero attached hydrogens (tertiary/aromatic N) is 1. The fourth-order valence-electron chi connectivity index (χ4n) is 3.56. The number of para-hydroxylation sites is 4. The molecule has 0 bridgehead atoms. The maximum atomic E-state index is 13.2. The molecule has 0 aliphatic carbocycles. The Morgan fingerprint density at radius 2 is 1.51 bits per heavy atom. The molecule has 8 heteroatoms. The van der Waals surface area contributed by atoms with E-state index < -0.39 is 5.97 Å². The molecular weight excluding hydrogens is 448 g/mol. The maximum absolute atomic E-state index is 13.2. The minimum absolute atomic E-state index is 0.0404. The summed E-state index contributed by atoms with van der Waals surface area (Å²) in [6.45, 7) is 0.184. The van der Waals surface area contributed by atoms with Crippen LogP contribution >= 0.6 is 0 Å². The van der Waals surface area contributed by atoms with Gasteiger partial charge in [0.15, 0.2) is 0 Å². The van der Waals surface area contributed by atoms with Gasteiger partial charge in [0.2, 0.25) is 11.8 Å². The van der Waals surface area contributed by atoms with E-state index in [0.29, 0.717) is 23.5 Å². The monoisotopic (exact) mass is 476 g/mol. The third kappa shape index (κ3) is 7.33. The molecule has 3 aromatic rings. The Morgan fingerprint density at radius 3 is 2.20 bits per heavy atom. The Labute approximate surface area is 203 Å². The molecule has 0 saturated carbocycles. The molecule has 3 N–H and O–H groups in total. The van der Waals surface area contributed by atoms with Gasteiger partial charge < -0.3 is 25.2 Å². The van der Waals surface area contributed by atoms with Gasteiger partial charge in [-0.25, -0.2) is 0 Å². The third-order valence-corrected chi connectivity index (χ3v) is 5.41. The minimum atomic E-state index is -0.861. The van der Waals surface area contributed by atoms with Gasteiger partial charge in [-0.1, -0.05) is 48.5 Å². The van der Waals surface area contributed by atoms with Crippen LogP contribution in [0.2, 0.25) is 0 Å². The number of ether oxygens (including phenoxy) is 1. The number of carboxylic acids is 1. The molecule has 182 valence electrons. The second-order valence-corrected chi connectivity index (χ2v) is 7.93. The van der Waals surface area contributed by atoms with Crippen LogP contribution in [0, 0.1) is 0 Å². The van der Waals surface area contributed by atoms with Crippen LogP contribution < -0.4 is 15.0 Å². The molecule has 0 fully saturated rings. The van der Waals surface area contributed by atoms with Gasteiger partial charge in [-0.15, -0.1) is 0 Å². The standard InChI is InChI=1S/C27H28N2O6/c1-35-24-9-5-2-6-21(24)28-25(31)15-16-26(32)29(22-7-3-4-8-23(22)30)18-20-12-10-19(11-13-20)14-17-27(33)34/h2-13,30H,14-18H2,1H3,(H,28,31)(H,33,34). The van der Waals surface area contributed by atoms with Gasteiger partial charge >= 0.3 is 5.97 Å². The summed E-state index contributed by atoms with van der Waals surface area (Å²) >= 11 is 0. The van der Waals surface area contributed by atoms with Crippen LogP contribution in [0.15, 0.2) is 72.8 Å². The van der Waals surface area contributed by atoms with Gasteiger partial charge in [0.05, 0.1) is 25.0 Å². The predicted octanol–water partition coefficient (Wildman–Crippen LogP) is 4.37. The molecule has 35 heavy (non-hydrogen) atoms. The zero-order valence-electron chi connectivity index (χ0n) is 19.4. The number of anilines is 2. The topological polar surface area (TPSA) is 116 Å². The molecular formula is C27H28N2O6. The predicted molar refractivity (Wildman–Crippen MR) is 133 cm³/mol. The highest BCUT2D eigenvalue weighted by molar-refractivity contribution is 5.99. The Balaban J connectivity index is 1.70. The lowest BCUT2D eigenvalue weighted by molar-refractivity contribution is -0.137. The van der Waals surface area contributed by atoms with E-state index in [2.05, 4.69) is 5.32 Å². The molecule has 8 nitrogen and oxygen atoms in total. The van der Waals surface area contributed by atoms with E-state index in [-0.39, 0.29) is 43.4 Å². The lowest BCUT2D eigenvalue weighted by Crippen LogP contribution is -2.31. The van der Waals surface area contributed by atoms with Crippen molar-refractivity contribution in [2.45, 2.75) is 32.2 Å². The van der Waals surface area contributed by atoms with Gasteiger partial charge in [-0.05, 0) is 41.8 Å². The smallest absolute Gasteiger partial charge is 0.303 e. The van der Waals surface area contributed by atoms with Crippen molar-refractivity contribution in [3.8, 4) is 11.5 Å². The Bertz CT molecular complexity index is 1180. The van der Waals surface area contributed by atoms with Crippen LogP contribution in [0.25, 0.3) is 0 Å². The number of phenols is 1. The Kier molecular flexibility index (Phi) is 8.83. The summed E-state index contributed by atoms with van der Waals surface area (Å²) in [5.41, 5.74) is 2.55. The summed E-state index contributed by atoms with van der Waals surface area (Å²) in [6, 6.07) is 20.8. The zero-order chi connectivity index (χ0) is 25.2. The first kappa shape index (κ1) is 25.3. The third-order valence-electron chi connectivity index (χ3n) is 5.41. The van der Waals surface area contributed by atoms with E-state index in [1.807, 2.05) is 24.3 Å². The van der Waals surface area contributed by atoms with Crippen molar-refractivity contribution in [1.82, 2.24) is 0 Å². The highest BCUT2D eigenvalue weighted by Gasteiger charge is 2.20. The van der Waals surface area contributed by atoms with Crippen molar-refractivity contribution in [3.63, 3.8) is 0 Å². The largest absolute Gasteiger partial charge is 0.506 e. The fraction of sp³-hybridized carbons (Fsp3) is 0.222. The van der Waals surface area contributed by atoms with Crippen molar-refractivity contribution in [2.24, 2.45) is 0 Å². The van der Waals surface area contributed by atoms with Crippen LogP contribution in [0.3, 0.4) is 0 Å². The van der Waals surface area contributed by atoms with Crippen LogP contribution in [0.1, 0.15) is 30.4 Å². The number of carbonyl (C=O) groups excluding carboxylic acids is 2. The number of benzene rings is 3. The van der Waals surface area contributed by atoms with Crippen molar-refractivity contribution in [1.29, 1.82) is 0 Å². The first-order valence-electron chi connectivity index (χ1n) is 11.2. The number of amides is 2. The van der Waals surface area contributed by atoms with Gasteiger partial charge in [0.25, 0.3) is 0 Å². The number of aryl methyl sites for hydroxylation is 1. The number of nitrogens with one attached hydrogen (secondary N) is 1. The lowest BCUT2D eigenvalue weighted by atomic mass is 10.1. The van der Waals surface area contributed by atoms with Gasteiger partial charge in [0, 0.05) is 19.3 Å². The number of aromatic hydroxyl groups is 1. The van der Waals surface area contributed by atoms with Gasteiger partial charge in [0.1, 0.15) is 11.5 Å². The van der Waals surface area contributed by atoms with E-state index in [0.717, 1.165) is 11.1 Å². The number of rotatable bonds is 11. The average Bonchev–Trinajstić information content (AvgIpc) is 2.86. The number of hydrogen-bond donors (Lipinski definition) is 3. The molecule has 0 aliphatic heterocycles. The first-order chi connectivity index (χ1) is 16.9. The number of aliphatic carboxylic acids is 1. The molecule has 3 aromatic carbocycles. The second-order valence-electron chi connectivity index (χ2n) is 7.93. The molecule has 0 unspecified atom stereocenters. The maximum Gasteiger partial charge on any atom is 0.303 e. The summed E-state index contributed by atoms with van der Waals surface area (Å²) in [4.78, 5) is 37.9. The molecule has 0 aliphatic rings. The molecule has 0 radical (unpaired) electrons. The Morgan fingerprint density at radius 1 is 0.857 bits per heavy atom. The molecule has 0 atom stereocenters. The number of carbonyl (C=O) groups is 3. The summed E-state index contributed by atoms with van der Waals surface area (Å²) in [6.07, 6.45) is 0.346. The second kappa shape index (κ2) is 12.2. The summed E-state index contributed by atoms with van der Waals surface area (Å²) in [5.74, 6) is -1.04. The summed E-state index contributed by atoms with van der Waals surface area (Å²) in [7, 11) is 1.51. The minimum Gasteiger partial charge on any atom is -0.506 e. The molecule has 0 aromatic heterocycles. The van der Waals surface area contributed by atoms with Crippen molar-refractivity contribution >= 4 is 29.2 Å². The quantitative estimate of drug-likeness (QED) is 0.378. The van der Waals surface area contributed by atoms with Gasteiger partial charge in [-0.3, -0.25) is 14.4 Å². The lowest BCUT2D eigenvalue weighted by Gasteiger charge is -2.24. The molecule has 0 saturated heterocycles. The first-order valence-corrected chi connectivity index (χ1v) is 11.2. The normalized spacial score (nSPS) is 10.4. The van der Waals surface area contributed by atoms with E-state index >= 15 is 0 Å². The molecule has 0 spiro atoms. The highest BCUT2D eigenvalue weighted by Crippen LogP contribution is 2.29. The molecule has 3 rings (SSSR count). The average molecular weight is 477 g/mol. The van der Waals surface area contributed by atoms with Crippen LogP contribution in [-0.4, -0.2) is 35.1 Å². The SMILES string of the molecule is COc1ccccc1NC(=O)CCC(=O)N(Cc1ccc(CCC(=O)O)cc1)c1ccccc1O. The van der Waals surface area contributed by atoms with E-state index in [1.165, 1.54) is 18.1 Å². The van der Waals surface area contributed by atoms with Crippen molar-refractivity contribution in [3.05, 3.63) is 83.9 Å². The van der Waals surface area contributed by atoms with Crippen molar-refractivity contribution in [2.75, 3.05) is 17.3 Å². The summed E-state index contributed by atoms with van der Waals surface area (Å²) in [5, 5.41) is 22.0. The number of carboxylic acid groups (broad SMARTS) is 1. The van der Waals surface area contributed by atoms with E-state index in [4.69, 9.17) is 9.84 Å². The Hall–Kier alpha value is -4.33. The number of phenolic OH excluding ortho intramolecular Hbond substituents is 1. The molecule has 0 heterocycles. The van der Waals surface area contributed by atoms with E-state index in [1.54, 1.807) is 42.5 Å². The van der Waals surface area contributed by atoms with Crippen LogP contribution in [0.4, 0.5) is 11.4 Å².